The van der Waals surface area contributed by atoms with Gasteiger partial charge in [-0.3, -0.25) is 9.59 Å². The molecule has 0 saturated heterocycles. The number of carbonyl (C=O) groups is 2. The highest BCUT2D eigenvalue weighted by Gasteiger charge is 2.15. The van der Waals surface area contributed by atoms with Gasteiger partial charge in [-0.1, -0.05) is 12.1 Å². The Morgan fingerprint density at radius 2 is 2.17 bits per heavy atom. The Labute approximate surface area is 107 Å². The molecule has 0 radical (unpaired) electrons. The van der Waals surface area contributed by atoms with Crippen molar-refractivity contribution in [2.75, 3.05) is 13.7 Å². The van der Waals surface area contributed by atoms with E-state index >= 15 is 0 Å². The second kappa shape index (κ2) is 5.21. The van der Waals surface area contributed by atoms with Crippen molar-refractivity contribution >= 4 is 11.7 Å². The third-order valence-electron chi connectivity index (χ3n) is 3.00. The van der Waals surface area contributed by atoms with Gasteiger partial charge in [0, 0.05) is 20.0 Å². The van der Waals surface area contributed by atoms with Crippen molar-refractivity contribution in [1.82, 2.24) is 4.90 Å². The molecular formula is C14H17NO3. The Morgan fingerprint density at radius 3 is 2.89 bits per heavy atom. The van der Waals surface area contributed by atoms with Gasteiger partial charge >= 0.3 is 0 Å². The topological polar surface area (TPSA) is 46.6 Å². The lowest BCUT2D eigenvalue weighted by Gasteiger charge is -2.17. The summed E-state index contributed by atoms with van der Waals surface area (Å²) in [5, 5.41) is 0. The number of rotatable bonds is 4. The molecule has 18 heavy (non-hydrogen) atoms. The highest BCUT2D eigenvalue weighted by atomic mass is 16.5. The van der Waals surface area contributed by atoms with Crippen LogP contribution in [0.25, 0.3) is 0 Å². The molecule has 4 heteroatoms. The van der Waals surface area contributed by atoms with Gasteiger partial charge in [0.25, 0.3) is 0 Å². The van der Waals surface area contributed by atoms with Crippen LogP contribution in [-0.2, 0) is 22.6 Å². The van der Waals surface area contributed by atoms with Crippen LogP contribution in [0.4, 0.5) is 0 Å². The van der Waals surface area contributed by atoms with Gasteiger partial charge in [0.05, 0.1) is 13.0 Å². The summed E-state index contributed by atoms with van der Waals surface area (Å²) in [4.78, 5) is 24.2. The average molecular weight is 247 g/mol. The van der Waals surface area contributed by atoms with Gasteiger partial charge in [0.15, 0.2) is 0 Å². The smallest absolute Gasteiger partial charge is 0.230 e. The first-order valence-electron chi connectivity index (χ1n) is 6.04. The van der Waals surface area contributed by atoms with Gasteiger partial charge in [-0.2, -0.15) is 0 Å². The fraction of sp³-hybridized carbons (Fsp3) is 0.429. The van der Waals surface area contributed by atoms with Crippen molar-refractivity contribution in [3.8, 4) is 5.75 Å². The van der Waals surface area contributed by atoms with Crippen LogP contribution < -0.4 is 4.74 Å². The molecule has 0 saturated carbocycles. The largest absolute Gasteiger partial charge is 0.493 e. The van der Waals surface area contributed by atoms with Crippen LogP contribution in [0.15, 0.2) is 18.2 Å². The van der Waals surface area contributed by atoms with Crippen LogP contribution in [0.5, 0.6) is 5.75 Å². The Balaban J connectivity index is 2.01. The molecule has 0 aromatic heterocycles. The van der Waals surface area contributed by atoms with Gasteiger partial charge in [-0.05, 0) is 24.1 Å². The summed E-state index contributed by atoms with van der Waals surface area (Å²) in [7, 11) is 1.72. The van der Waals surface area contributed by atoms with E-state index in [9.17, 15) is 9.59 Å². The monoisotopic (exact) mass is 247 g/mol. The standard InChI is InChI=1S/C14H17NO3/c1-10(16)7-14(17)15(2)9-11-3-4-13-12(8-11)5-6-18-13/h3-4,8H,5-7,9H2,1-2H3. The van der Waals surface area contributed by atoms with Crippen LogP contribution in [-0.4, -0.2) is 30.2 Å². The first-order valence-corrected chi connectivity index (χ1v) is 6.04. The number of hydrogen-bond donors (Lipinski definition) is 0. The SMILES string of the molecule is CC(=O)CC(=O)N(C)Cc1ccc2c(c1)CCO2. The van der Waals surface area contributed by atoms with Crippen molar-refractivity contribution in [2.45, 2.75) is 26.3 Å². The minimum Gasteiger partial charge on any atom is -0.493 e. The van der Waals surface area contributed by atoms with Gasteiger partial charge in [-0.15, -0.1) is 0 Å². The first-order chi connectivity index (χ1) is 8.56. The van der Waals surface area contributed by atoms with E-state index in [4.69, 9.17) is 4.74 Å². The van der Waals surface area contributed by atoms with Crippen molar-refractivity contribution in [3.63, 3.8) is 0 Å². The normalized spacial score (nSPS) is 12.8. The number of carbonyl (C=O) groups excluding carboxylic acids is 2. The zero-order chi connectivity index (χ0) is 13.1. The zero-order valence-electron chi connectivity index (χ0n) is 10.7. The van der Waals surface area contributed by atoms with E-state index in [0.717, 1.165) is 24.3 Å². The molecule has 96 valence electrons. The maximum atomic E-state index is 11.7. The van der Waals surface area contributed by atoms with Gasteiger partial charge in [0.2, 0.25) is 5.91 Å². The molecule has 0 atom stereocenters. The molecule has 1 aliphatic rings. The maximum absolute atomic E-state index is 11.7. The van der Waals surface area contributed by atoms with Crippen LogP contribution >= 0.6 is 0 Å². The van der Waals surface area contributed by atoms with E-state index in [1.54, 1.807) is 11.9 Å². The van der Waals surface area contributed by atoms with Crippen molar-refractivity contribution in [1.29, 1.82) is 0 Å². The highest BCUT2D eigenvalue weighted by molar-refractivity contribution is 5.96. The predicted octanol–water partition coefficient (Wildman–Crippen LogP) is 1.56. The maximum Gasteiger partial charge on any atom is 0.230 e. The molecule has 2 rings (SSSR count). The van der Waals surface area contributed by atoms with Crippen molar-refractivity contribution < 1.29 is 14.3 Å². The van der Waals surface area contributed by atoms with Crippen molar-refractivity contribution in [2.24, 2.45) is 0 Å². The molecule has 1 aliphatic heterocycles. The molecular weight excluding hydrogens is 230 g/mol. The number of hydrogen-bond acceptors (Lipinski definition) is 3. The third-order valence-corrected chi connectivity index (χ3v) is 3.00. The number of benzene rings is 1. The molecule has 0 fully saturated rings. The number of ether oxygens (including phenoxy) is 1. The average Bonchev–Trinajstić information content (AvgIpc) is 2.75. The van der Waals surface area contributed by atoms with E-state index < -0.39 is 0 Å². The summed E-state index contributed by atoms with van der Waals surface area (Å²) in [5.41, 5.74) is 2.26. The van der Waals surface area contributed by atoms with Crippen LogP contribution in [0, 0.1) is 0 Å². The summed E-state index contributed by atoms with van der Waals surface area (Å²) in [5.74, 6) is 0.699. The highest BCUT2D eigenvalue weighted by Crippen LogP contribution is 2.26. The van der Waals surface area contributed by atoms with E-state index in [2.05, 4.69) is 6.07 Å². The van der Waals surface area contributed by atoms with Crippen LogP contribution in [0.3, 0.4) is 0 Å². The minimum atomic E-state index is -0.140. The van der Waals surface area contributed by atoms with E-state index in [1.165, 1.54) is 12.5 Å². The van der Waals surface area contributed by atoms with E-state index in [0.29, 0.717) is 6.54 Å². The Bertz CT molecular complexity index is 482. The molecule has 4 nitrogen and oxygen atoms in total. The summed E-state index contributed by atoms with van der Waals surface area (Å²) in [6.07, 6.45) is 0.902. The lowest BCUT2D eigenvalue weighted by Crippen LogP contribution is -2.27. The fourth-order valence-corrected chi connectivity index (χ4v) is 2.05. The molecule has 1 amide bonds. The van der Waals surface area contributed by atoms with Crippen LogP contribution in [0.1, 0.15) is 24.5 Å². The molecule has 0 bridgehead atoms. The predicted molar refractivity (Wildman–Crippen MR) is 67.4 cm³/mol. The van der Waals surface area contributed by atoms with E-state index in [-0.39, 0.29) is 18.1 Å². The number of amides is 1. The molecule has 1 aromatic rings. The number of nitrogens with zero attached hydrogens (tertiary/aromatic N) is 1. The molecule has 0 unspecified atom stereocenters. The third kappa shape index (κ3) is 2.88. The lowest BCUT2D eigenvalue weighted by atomic mass is 10.1. The number of Topliss-reactive ketones (excluding diaryl/α,β-unsaturated/α-hetero) is 1. The number of ketones is 1. The Hall–Kier alpha value is -1.84. The van der Waals surface area contributed by atoms with Gasteiger partial charge in [0.1, 0.15) is 11.5 Å². The van der Waals surface area contributed by atoms with Gasteiger partial charge in [-0.25, -0.2) is 0 Å². The zero-order valence-corrected chi connectivity index (χ0v) is 10.7. The Morgan fingerprint density at radius 1 is 1.39 bits per heavy atom. The van der Waals surface area contributed by atoms with Crippen LogP contribution in [0.2, 0.25) is 0 Å². The summed E-state index contributed by atoms with van der Waals surface area (Å²) < 4.78 is 5.43. The minimum absolute atomic E-state index is 0.0233. The summed E-state index contributed by atoms with van der Waals surface area (Å²) in [6.45, 7) is 2.69. The van der Waals surface area contributed by atoms with E-state index in [1.807, 2.05) is 12.1 Å². The second-order valence-corrected chi connectivity index (χ2v) is 4.67. The molecule has 1 aromatic carbocycles. The summed E-state index contributed by atoms with van der Waals surface area (Å²) >= 11 is 0. The lowest BCUT2D eigenvalue weighted by molar-refractivity contribution is -0.134. The van der Waals surface area contributed by atoms with Gasteiger partial charge < -0.3 is 9.64 Å². The molecule has 0 N–H and O–H groups in total. The van der Waals surface area contributed by atoms with Crippen molar-refractivity contribution in [3.05, 3.63) is 29.3 Å². The quantitative estimate of drug-likeness (QED) is 0.758. The molecule has 0 aliphatic carbocycles. The fourth-order valence-electron chi connectivity index (χ4n) is 2.05. The first kappa shape index (κ1) is 12.6. The summed E-state index contributed by atoms with van der Waals surface area (Å²) in [6, 6.07) is 5.97. The molecule has 0 spiro atoms. The second-order valence-electron chi connectivity index (χ2n) is 4.67. The molecule has 1 heterocycles. The number of fused-ring (bicyclic) bond motifs is 1. The Kier molecular flexibility index (Phi) is 3.65.